The van der Waals surface area contributed by atoms with Crippen LogP contribution in [-0.4, -0.2) is 4.98 Å². The van der Waals surface area contributed by atoms with E-state index < -0.39 is 0 Å². The summed E-state index contributed by atoms with van der Waals surface area (Å²) in [4.78, 5) is 4.40. The molecule has 3 heteroatoms. The monoisotopic (exact) mass is 280 g/mol. The lowest BCUT2D eigenvalue weighted by atomic mass is 10.1. The lowest BCUT2D eigenvalue weighted by Gasteiger charge is -2.18. The van der Waals surface area contributed by atoms with Crippen molar-refractivity contribution in [1.29, 1.82) is 0 Å². The maximum absolute atomic E-state index is 6.01. The van der Waals surface area contributed by atoms with E-state index in [4.69, 9.17) is 4.42 Å². The number of fused-ring (bicyclic) bond motifs is 1. The van der Waals surface area contributed by atoms with Crippen molar-refractivity contribution in [2.45, 2.75) is 32.9 Å². The molecule has 1 unspecified atom stereocenters. The summed E-state index contributed by atoms with van der Waals surface area (Å²) < 4.78 is 6.01. The first-order valence-electron chi connectivity index (χ1n) is 7.32. The Hall–Kier alpha value is -2.13. The fourth-order valence-corrected chi connectivity index (χ4v) is 2.77. The third-order valence-electron chi connectivity index (χ3n) is 3.91. The van der Waals surface area contributed by atoms with Crippen molar-refractivity contribution < 1.29 is 4.42 Å². The van der Waals surface area contributed by atoms with Gasteiger partial charge in [0, 0.05) is 17.6 Å². The van der Waals surface area contributed by atoms with E-state index in [9.17, 15) is 0 Å². The third-order valence-corrected chi connectivity index (χ3v) is 3.91. The van der Waals surface area contributed by atoms with E-state index in [0.29, 0.717) is 0 Å². The fraction of sp³-hybridized carbons (Fsp3) is 0.278. The molecule has 3 rings (SSSR count). The van der Waals surface area contributed by atoms with Crippen LogP contribution < -0.4 is 5.32 Å². The summed E-state index contributed by atoms with van der Waals surface area (Å²) >= 11 is 0. The molecule has 0 saturated heterocycles. The largest absolute Gasteiger partial charge is 0.459 e. The Labute approximate surface area is 125 Å². The zero-order valence-corrected chi connectivity index (χ0v) is 12.6. The van der Waals surface area contributed by atoms with E-state index in [1.807, 2.05) is 42.6 Å². The van der Waals surface area contributed by atoms with Crippen molar-refractivity contribution in [2.24, 2.45) is 0 Å². The summed E-state index contributed by atoms with van der Waals surface area (Å²) in [6, 6.07) is 14.5. The van der Waals surface area contributed by atoms with E-state index in [0.717, 1.165) is 17.0 Å². The Bertz CT molecular complexity index is 733. The molecule has 1 aromatic carbocycles. The standard InChI is InChI=1S/C18H20N2O/c1-12-15-8-4-5-10-17(15)21-18(12)14(3)20-13(2)16-9-6-7-11-19-16/h4-11,13-14,20H,1-3H3/t13-,14?/m1/s1. The normalized spacial score (nSPS) is 14.2. The zero-order chi connectivity index (χ0) is 14.8. The quantitative estimate of drug-likeness (QED) is 0.762. The molecule has 3 aromatic rings. The van der Waals surface area contributed by atoms with Gasteiger partial charge in [-0.1, -0.05) is 24.3 Å². The molecular formula is C18H20N2O. The zero-order valence-electron chi connectivity index (χ0n) is 12.6. The minimum absolute atomic E-state index is 0.134. The van der Waals surface area contributed by atoms with Crippen molar-refractivity contribution in [2.75, 3.05) is 0 Å². The smallest absolute Gasteiger partial charge is 0.134 e. The first-order chi connectivity index (χ1) is 10.2. The summed E-state index contributed by atoms with van der Waals surface area (Å²) in [5.74, 6) is 0.999. The second kappa shape index (κ2) is 5.70. The number of hydrogen-bond acceptors (Lipinski definition) is 3. The van der Waals surface area contributed by atoms with Gasteiger partial charge in [-0.15, -0.1) is 0 Å². The van der Waals surface area contributed by atoms with Crippen molar-refractivity contribution in [3.05, 3.63) is 65.7 Å². The van der Waals surface area contributed by atoms with Gasteiger partial charge in [0.1, 0.15) is 11.3 Å². The van der Waals surface area contributed by atoms with Crippen LogP contribution in [0.15, 0.2) is 53.1 Å². The summed E-state index contributed by atoms with van der Waals surface area (Å²) in [5, 5.41) is 4.74. The first kappa shape index (κ1) is 13.8. The summed E-state index contributed by atoms with van der Waals surface area (Å²) in [6.07, 6.45) is 1.82. The molecule has 108 valence electrons. The van der Waals surface area contributed by atoms with Crippen LogP contribution in [0.2, 0.25) is 0 Å². The molecule has 1 N–H and O–H groups in total. The van der Waals surface area contributed by atoms with Crippen LogP contribution in [-0.2, 0) is 0 Å². The minimum Gasteiger partial charge on any atom is -0.459 e. The molecular weight excluding hydrogens is 260 g/mol. The van der Waals surface area contributed by atoms with E-state index >= 15 is 0 Å². The van der Waals surface area contributed by atoms with Gasteiger partial charge in [0.15, 0.2) is 0 Å². The highest BCUT2D eigenvalue weighted by atomic mass is 16.3. The van der Waals surface area contributed by atoms with Gasteiger partial charge in [0.25, 0.3) is 0 Å². The summed E-state index contributed by atoms with van der Waals surface area (Å²) in [5.41, 5.74) is 3.20. The number of rotatable bonds is 4. The van der Waals surface area contributed by atoms with Crippen LogP contribution >= 0.6 is 0 Å². The molecule has 0 aliphatic rings. The molecule has 3 nitrogen and oxygen atoms in total. The average Bonchev–Trinajstić information content (AvgIpc) is 2.86. The van der Waals surface area contributed by atoms with E-state index in [1.54, 1.807) is 0 Å². The maximum Gasteiger partial charge on any atom is 0.134 e. The average molecular weight is 280 g/mol. The van der Waals surface area contributed by atoms with Gasteiger partial charge in [-0.05, 0) is 44.5 Å². The number of hydrogen-bond donors (Lipinski definition) is 1. The van der Waals surface area contributed by atoms with Gasteiger partial charge < -0.3 is 4.42 Å². The van der Waals surface area contributed by atoms with Crippen molar-refractivity contribution in [1.82, 2.24) is 10.3 Å². The highest BCUT2D eigenvalue weighted by molar-refractivity contribution is 5.82. The summed E-state index contributed by atoms with van der Waals surface area (Å²) in [7, 11) is 0. The third kappa shape index (κ3) is 2.69. The Morgan fingerprint density at radius 3 is 2.48 bits per heavy atom. The predicted molar refractivity (Wildman–Crippen MR) is 85.2 cm³/mol. The lowest BCUT2D eigenvalue weighted by molar-refractivity contribution is 0.411. The van der Waals surface area contributed by atoms with Crippen LogP contribution in [0.3, 0.4) is 0 Å². The van der Waals surface area contributed by atoms with Gasteiger partial charge in [-0.25, -0.2) is 0 Å². The van der Waals surface area contributed by atoms with Crippen LogP contribution in [0.25, 0.3) is 11.0 Å². The maximum atomic E-state index is 6.01. The Balaban J connectivity index is 1.84. The lowest BCUT2D eigenvalue weighted by Crippen LogP contribution is -2.23. The van der Waals surface area contributed by atoms with Gasteiger partial charge >= 0.3 is 0 Å². The highest BCUT2D eigenvalue weighted by Crippen LogP contribution is 2.30. The topological polar surface area (TPSA) is 38.1 Å². The Kier molecular flexibility index (Phi) is 3.76. The van der Waals surface area contributed by atoms with Gasteiger partial charge in [0.2, 0.25) is 0 Å². The van der Waals surface area contributed by atoms with Crippen molar-refractivity contribution in [3.8, 4) is 0 Å². The second-order valence-corrected chi connectivity index (χ2v) is 5.45. The predicted octanol–water partition coefficient (Wildman–Crippen LogP) is 4.55. The number of furan rings is 1. The van der Waals surface area contributed by atoms with Gasteiger partial charge in [-0.3, -0.25) is 10.3 Å². The van der Waals surface area contributed by atoms with Crippen LogP contribution in [0.4, 0.5) is 0 Å². The van der Waals surface area contributed by atoms with Gasteiger partial charge in [0.05, 0.1) is 11.7 Å². The molecule has 2 heterocycles. The molecule has 0 spiro atoms. The Morgan fingerprint density at radius 1 is 1.00 bits per heavy atom. The van der Waals surface area contributed by atoms with E-state index in [-0.39, 0.29) is 12.1 Å². The van der Waals surface area contributed by atoms with Crippen LogP contribution in [0.1, 0.15) is 42.9 Å². The molecule has 0 fully saturated rings. The number of nitrogens with one attached hydrogen (secondary N) is 1. The number of aromatic nitrogens is 1. The Morgan fingerprint density at radius 2 is 1.76 bits per heavy atom. The molecule has 2 atom stereocenters. The van der Waals surface area contributed by atoms with E-state index in [1.165, 1.54) is 10.9 Å². The van der Waals surface area contributed by atoms with E-state index in [2.05, 4.69) is 37.1 Å². The van der Waals surface area contributed by atoms with Crippen LogP contribution in [0.5, 0.6) is 0 Å². The summed E-state index contributed by atoms with van der Waals surface area (Å²) in [6.45, 7) is 6.37. The molecule has 21 heavy (non-hydrogen) atoms. The molecule has 0 aliphatic carbocycles. The molecule has 0 amide bonds. The SMILES string of the molecule is Cc1c(C(C)N[C@H](C)c2ccccn2)oc2ccccc12. The number of pyridine rings is 1. The number of para-hydroxylation sites is 1. The first-order valence-corrected chi connectivity index (χ1v) is 7.32. The number of benzene rings is 1. The van der Waals surface area contributed by atoms with Gasteiger partial charge in [-0.2, -0.15) is 0 Å². The van der Waals surface area contributed by atoms with Crippen molar-refractivity contribution in [3.63, 3.8) is 0 Å². The molecule has 0 aliphatic heterocycles. The minimum atomic E-state index is 0.134. The molecule has 0 saturated carbocycles. The van der Waals surface area contributed by atoms with Crippen molar-refractivity contribution >= 4 is 11.0 Å². The number of nitrogens with zero attached hydrogens (tertiary/aromatic N) is 1. The highest BCUT2D eigenvalue weighted by Gasteiger charge is 2.18. The molecule has 0 bridgehead atoms. The number of aryl methyl sites for hydroxylation is 1. The molecule has 0 radical (unpaired) electrons. The molecule has 2 aromatic heterocycles. The second-order valence-electron chi connectivity index (χ2n) is 5.45. The van der Waals surface area contributed by atoms with Crippen LogP contribution in [0, 0.1) is 6.92 Å². The fourth-order valence-electron chi connectivity index (χ4n) is 2.77.